The number of ether oxygens (including phenoxy) is 1. The highest BCUT2D eigenvalue weighted by Gasteiger charge is 2.21. The summed E-state index contributed by atoms with van der Waals surface area (Å²) in [6.45, 7) is 0.319. The van der Waals surface area contributed by atoms with Crippen molar-refractivity contribution in [2.24, 2.45) is 0 Å². The van der Waals surface area contributed by atoms with Gasteiger partial charge in [0.15, 0.2) is 0 Å². The lowest BCUT2D eigenvalue weighted by Gasteiger charge is -2.18. The highest BCUT2D eigenvalue weighted by atomic mass is 32.2. The second-order valence-electron chi connectivity index (χ2n) is 5.03. The second-order valence-corrected chi connectivity index (χ2v) is 7.07. The molecule has 6 heteroatoms. The van der Waals surface area contributed by atoms with Crippen LogP contribution in [0.2, 0.25) is 0 Å². The van der Waals surface area contributed by atoms with Crippen LogP contribution >= 0.6 is 0 Å². The van der Waals surface area contributed by atoms with E-state index < -0.39 is 10.0 Å². The molecule has 2 rings (SSSR count). The molecule has 0 aliphatic carbocycles. The van der Waals surface area contributed by atoms with Gasteiger partial charge in [-0.05, 0) is 36.2 Å². The average Bonchev–Trinajstić information content (AvgIpc) is 2.59. The Morgan fingerprint density at radius 3 is 2.61 bits per heavy atom. The van der Waals surface area contributed by atoms with Gasteiger partial charge in [0.05, 0.1) is 23.6 Å². The summed E-state index contributed by atoms with van der Waals surface area (Å²) in [5, 5.41) is 8.90. The Labute approximate surface area is 136 Å². The number of sulfonamides is 1. The van der Waals surface area contributed by atoms with Gasteiger partial charge >= 0.3 is 0 Å². The number of hydrogen-bond acceptors (Lipinski definition) is 4. The number of hydrogen-bond donors (Lipinski definition) is 0. The quantitative estimate of drug-likeness (QED) is 0.815. The van der Waals surface area contributed by atoms with Crippen molar-refractivity contribution in [2.75, 3.05) is 20.7 Å². The highest BCUT2D eigenvalue weighted by molar-refractivity contribution is 7.89. The van der Waals surface area contributed by atoms with E-state index in [1.807, 2.05) is 30.3 Å². The molecule has 2 aromatic rings. The summed E-state index contributed by atoms with van der Waals surface area (Å²) in [6, 6.07) is 15.5. The van der Waals surface area contributed by atoms with Crippen molar-refractivity contribution < 1.29 is 13.2 Å². The third-order valence-corrected chi connectivity index (χ3v) is 5.41. The number of likely N-dealkylation sites (N-methyl/N-ethyl adjacent to an activating group) is 1. The van der Waals surface area contributed by atoms with E-state index in [4.69, 9.17) is 10.00 Å². The van der Waals surface area contributed by atoms with E-state index in [1.165, 1.54) is 23.5 Å². The van der Waals surface area contributed by atoms with Gasteiger partial charge in [-0.15, -0.1) is 0 Å². The Morgan fingerprint density at radius 1 is 1.17 bits per heavy atom. The fourth-order valence-electron chi connectivity index (χ4n) is 2.21. The van der Waals surface area contributed by atoms with Gasteiger partial charge in [0.2, 0.25) is 10.0 Å². The average molecular weight is 330 g/mol. The van der Waals surface area contributed by atoms with Crippen LogP contribution < -0.4 is 4.74 Å². The molecule has 120 valence electrons. The predicted octanol–water partition coefficient (Wildman–Crippen LogP) is 2.43. The number of methoxy groups -OCH3 is 1. The van der Waals surface area contributed by atoms with Gasteiger partial charge in [-0.1, -0.05) is 24.3 Å². The first-order valence-corrected chi connectivity index (χ1v) is 8.51. The molecule has 0 unspecified atom stereocenters. The summed E-state index contributed by atoms with van der Waals surface area (Å²) >= 11 is 0. The molecule has 0 spiro atoms. The first kappa shape index (κ1) is 17.0. The molecule has 0 N–H and O–H groups in total. The maximum atomic E-state index is 12.6. The van der Waals surface area contributed by atoms with E-state index in [0.29, 0.717) is 18.5 Å². The Morgan fingerprint density at radius 2 is 1.91 bits per heavy atom. The van der Waals surface area contributed by atoms with Crippen molar-refractivity contribution in [3.05, 3.63) is 59.7 Å². The van der Waals surface area contributed by atoms with Crippen LogP contribution in [0.25, 0.3) is 0 Å². The molecule has 0 radical (unpaired) electrons. The summed E-state index contributed by atoms with van der Waals surface area (Å²) in [5.74, 6) is 0.741. The minimum Gasteiger partial charge on any atom is -0.496 e. The van der Waals surface area contributed by atoms with Crippen molar-refractivity contribution >= 4 is 10.0 Å². The van der Waals surface area contributed by atoms with Gasteiger partial charge in [-0.3, -0.25) is 0 Å². The summed E-state index contributed by atoms with van der Waals surface area (Å²) in [5.41, 5.74) is 1.27. The van der Waals surface area contributed by atoms with Crippen LogP contribution in [0.3, 0.4) is 0 Å². The smallest absolute Gasteiger partial charge is 0.242 e. The van der Waals surface area contributed by atoms with Gasteiger partial charge in [0, 0.05) is 13.6 Å². The molecule has 0 aliphatic rings. The van der Waals surface area contributed by atoms with Crippen LogP contribution in [0.4, 0.5) is 0 Å². The Balaban J connectivity index is 2.16. The molecule has 0 fully saturated rings. The van der Waals surface area contributed by atoms with Gasteiger partial charge in [0.1, 0.15) is 5.75 Å². The molecule has 2 aromatic carbocycles. The van der Waals surface area contributed by atoms with Crippen LogP contribution in [0.15, 0.2) is 53.4 Å². The summed E-state index contributed by atoms with van der Waals surface area (Å²) in [4.78, 5) is 0.124. The summed E-state index contributed by atoms with van der Waals surface area (Å²) < 4.78 is 31.7. The minimum atomic E-state index is -3.62. The molecule has 0 bridgehead atoms. The van der Waals surface area contributed by atoms with Gasteiger partial charge in [-0.25, -0.2) is 12.7 Å². The number of nitriles is 1. The molecule has 0 atom stereocenters. The monoisotopic (exact) mass is 330 g/mol. The van der Waals surface area contributed by atoms with Crippen LogP contribution in [-0.2, 0) is 16.4 Å². The van der Waals surface area contributed by atoms with E-state index in [2.05, 4.69) is 0 Å². The highest BCUT2D eigenvalue weighted by Crippen LogP contribution is 2.20. The van der Waals surface area contributed by atoms with Crippen molar-refractivity contribution in [3.63, 3.8) is 0 Å². The largest absolute Gasteiger partial charge is 0.496 e. The zero-order chi connectivity index (χ0) is 16.9. The maximum absolute atomic E-state index is 12.6. The summed E-state index contributed by atoms with van der Waals surface area (Å²) in [6.07, 6.45) is 0.539. The maximum Gasteiger partial charge on any atom is 0.242 e. The second kappa shape index (κ2) is 7.27. The zero-order valence-corrected chi connectivity index (χ0v) is 13.9. The van der Waals surface area contributed by atoms with Crippen LogP contribution in [0.1, 0.15) is 11.1 Å². The van der Waals surface area contributed by atoms with E-state index in [0.717, 1.165) is 11.3 Å². The molecule has 5 nitrogen and oxygen atoms in total. The summed E-state index contributed by atoms with van der Waals surface area (Å²) in [7, 11) is -0.498. The van der Waals surface area contributed by atoms with Crippen molar-refractivity contribution in [3.8, 4) is 11.8 Å². The fraction of sp³-hybridized carbons (Fsp3) is 0.235. The third kappa shape index (κ3) is 3.89. The normalized spacial score (nSPS) is 11.2. The van der Waals surface area contributed by atoms with E-state index in [-0.39, 0.29) is 4.90 Å². The lowest BCUT2D eigenvalue weighted by molar-refractivity contribution is 0.406. The van der Waals surface area contributed by atoms with Crippen LogP contribution in [0.5, 0.6) is 5.75 Å². The first-order chi connectivity index (χ1) is 11.0. The molecular weight excluding hydrogens is 312 g/mol. The first-order valence-electron chi connectivity index (χ1n) is 7.07. The Kier molecular flexibility index (Phi) is 5.37. The molecule has 0 aliphatic heterocycles. The number of nitrogens with zero attached hydrogens (tertiary/aromatic N) is 2. The molecule has 0 saturated carbocycles. The van der Waals surface area contributed by atoms with Crippen molar-refractivity contribution in [1.29, 1.82) is 5.26 Å². The number of para-hydroxylation sites is 1. The molecule has 0 amide bonds. The number of rotatable bonds is 6. The number of benzene rings is 2. The van der Waals surface area contributed by atoms with Crippen molar-refractivity contribution in [1.82, 2.24) is 4.31 Å². The lowest BCUT2D eigenvalue weighted by atomic mass is 10.1. The minimum absolute atomic E-state index is 0.124. The third-order valence-electron chi connectivity index (χ3n) is 3.56. The lowest BCUT2D eigenvalue weighted by Crippen LogP contribution is -2.29. The molecular formula is C17H18N2O3S. The fourth-order valence-corrected chi connectivity index (χ4v) is 3.43. The van der Waals surface area contributed by atoms with Gasteiger partial charge in [0.25, 0.3) is 0 Å². The standard InChI is InChI=1S/C17H18N2O3S/c1-19(11-10-15-7-3-4-9-17(15)22-2)23(20,21)16-8-5-6-14(12-16)13-18/h3-9,12H,10-11H2,1-2H3. The Bertz CT molecular complexity index is 826. The van der Waals surface area contributed by atoms with Crippen LogP contribution in [-0.4, -0.2) is 33.4 Å². The molecule has 0 aromatic heterocycles. The molecule has 0 heterocycles. The van der Waals surface area contributed by atoms with Gasteiger partial charge < -0.3 is 4.74 Å². The van der Waals surface area contributed by atoms with Crippen LogP contribution in [0, 0.1) is 11.3 Å². The molecule has 23 heavy (non-hydrogen) atoms. The van der Waals surface area contributed by atoms with Crippen molar-refractivity contribution in [2.45, 2.75) is 11.3 Å². The predicted molar refractivity (Wildman–Crippen MR) is 87.7 cm³/mol. The van der Waals surface area contributed by atoms with E-state index >= 15 is 0 Å². The van der Waals surface area contributed by atoms with Gasteiger partial charge in [-0.2, -0.15) is 5.26 Å². The molecule has 0 saturated heterocycles. The SMILES string of the molecule is COc1ccccc1CCN(C)S(=O)(=O)c1cccc(C#N)c1. The topological polar surface area (TPSA) is 70.4 Å². The van der Waals surface area contributed by atoms with E-state index in [1.54, 1.807) is 19.2 Å². The Hall–Kier alpha value is -2.36. The zero-order valence-electron chi connectivity index (χ0n) is 13.1. The van der Waals surface area contributed by atoms with E-state index in [9.17, 15) is 8.42 Å².